The summed E-state index contributed by atoms with van der Waals surface area (Å²) < 4.78 is 11.5. The average Bonchev–Trinajstić information content (AvgIpc) is 3.41. The molecule has 2 heterocycles. The predicted octanol–water partition coefficient (Wildman–Crippen LogP) is 4.37. The Morgan fingerprint density at radius 1 is 1.17 bits per heavy atom. The minimum atomic E-state index is -0.0389. The molecule has 3 aromatic rings. The van der Waals surface area contributed by atoms with Gasteiger partial charge in [0.05, 0.1) is 19.3 Å². The van der Waals surface area contributed by atoms with Gasteiger partial charge >= 0.3 is 0 Å². The van der Waals surface area contributed by atoms with Crippen molar-refractivity contribution in [2.45, 2.75) is 32.2 Å². The van der Waals surface area contributed by atoms with Crippen LogP contribution >= 0.6 is 0 Å². The van der Waals surface area contributed by atoms with Gasteiger partial charge in [0.1, 0.15) is 17.1 Å². The topological polar surface area (TPSA) is 78.7 Å². The van der Waals surface area contributed by atoms with Gasteiger partial charge in [0, 0.05) is 5.39 Å². The van der Waals surface area contributed by atoms with E-state index < -0.39 is 0 Å². The standard InChI is InChI=1S/C24H30N4O2/c1-29-23-11-10-18(7-6-14-27-12-4-5-13-27)15-21(23)28(24(25)26)17-20-16-19-8-2-3-9-22(19)30-20/h2-3,8-11,15-16H,4-7,12-14,17H2,1H3,(H3,25,26). The molecule has 1 aromatic heterocycles. The molecule has 1 aliphatic heterocycles. The Kier molecular flexibility index (Phi) is 6.23. The zero-order valence-corrected chi connectivity index (χ0v) is 17.6. The highest BCUT2D eigenvalue weighted by Gasteiger charge is 2.18. The van der Waals surface area contributed by atoms with Gasteiger partial charge < -0.3 is 24.7 Å². The molecule has 1 fully saturated rings. The second-order valence-electron chi connectivity index (χ2n) is 7.88. The van der Waals surface area contributed by atoms with Crippen molar-refractivity contribution in [1.29, 1.82) is 5.41 Å². The molecule has 0 spiro atoms. The van der Waals surface area contributed by atoms with Gasteiger partial charge in [0.2, 0.25) is 0 Å². The molecule has 0 unspecified atom stereocenters. The first kappa shape index (κ1) is 20.3. The van der Waals surface area contributed by atoms with Crippen molar-refractivity contribution in [2.24, 2.45) is 5.73 Å². The number of fused-ring (bicyclic) bond motifs is 1. The Morgan fingerprint density at radius 3 is 2.70 bits per heavy atom. The molecule has 0 aliphatic carbocycles. The van der Waals surface area contributed by atoms with Crippen LogP contribution in [-0.4, -0.2) is 37.6 Å². The van der Waals surface area contributed by atoms with E-state index in [1.54, 1.807) is 12.0 Å². The number of furan rings is 1. The highest BCUT2D eigenvalue weighted by molar-refractivity contribution is 5.94. The van der Waals surface area contributed by atoms with E-state index >= 15 is 0 Å². The molecule has 6 nitrogen and oxygen atoms in total. The number of likely N-dealkylation sites (tertiary alicyclic amines) is 1. The number of para-hydroxylation sites is 1. The van der Waals surface area contributed by atoms with Gasteiger partial charge in [0.15, 0.2) is 5.96 Å². The number of nitrogens with one attached hydrogen (secondary N) is 1. The molecule has 1 saturated heterocycles. The highest BCUT2D eigenvalue weighted by atomic mass is 16.5. The van der Waals surface area contributed by atoms with E-state index in [-0.39, 0.29) is 5.96 Å². The Labute approximate surface area is 177 Å². The van der Waals surface area contributed by atoms with Crippen molar-refractivity contribution >= 4 is 22.6 Å². The molecule has 0 bridgehead atoms. The molecule has 2 aromatic carbocycles. The van der Waals surface area contributed by atoms with Gasteiger partial charge in [0.25, 0.3) is 0 Å². The predicted molar refractivity (Wildman–Crippen MR) is 121 cm³/mol. The minimum Gasteiger partial charge on any atom is -0.495 e. The second-order valence-corrected chi connectivity index (χ2v) is 7.88. The van der Waals surface area contributed by atoms with Gasteiger partial charge in [-0.2, -0.15) is 0 Å². The number of guanidine groups is 1. The summed E-state index contributed by atoms with van der Waals surface area (Å²) in [6.07, 6.45) is 4.75. The summed E-state index contributed by atoms with van der Waals surface area (Å²) >= 11 is 0. The van der Waals surface area contributed by atoms with Crippen LogP contribution in [0.3, 0.4) is 0 Å². The number of rotatable bonds is 8. The van der Waals surface area contributed by atoms with Crippen molar-refractivity contribution in [2.75, 3.05) is 31.6 Å². The lowest BCUT2D eigenvalue weighted by molar-refractivity contribution is 0.334. The van der Waals surface area contributed by atoms with Gasteiger partial charge in [-0.25, -0.2) is 0 Å². The third kappa shape index (κ3) is 4.60. The Bertz CT molecular complexity index is 974. The van der Waals surface area contributed by atoms with E-state index in [0.717, 1.165) is 41.8 Å². The van der Waals surface area contributed by atoms with Crippen LogP contribution in [0.1, 0.15) is 30.6 Å². The third-order valence-corrected chi connectivity index (χ3v) is 5.75. The molecule has 4 rings (SSSR count). The van der Waals surface area contributed by atoms with E-state index in [0.29, 0.717) is 12.3 Å². The number of ether oxygens (including phenoxy) is 1. The summed E-state index contributed by atoms with van der Waals surface area (Å²) in [5.41, 5.74) is 8.82. The van der Waals surface area contributed by atoms with Crippen molar-refractivity contribution in [1.82, 2.24) is 4.90 Å². The maximum absolute atomic E-state index is 8.17. The molecular weight excluding hydrogens is 376 g/mol. The highest BCUT2D eigenvalue weighted by Crippen LogP contribution is 2.32. The molecule has 0 radical (unpaired) electrons. The van der Waals surface area contributed by atoms with Gasteiger partial charge in [-0.3, -0.25) is 5.41 Å². The van der Waals surface area contributed by atoms with Crippen LogP contribution in [0.2, 0.25) is 0 Å². The molecule has 1 aliphatic rings. The molecule has 0 amide bonds. The van der Waals surface area contributed by atoms with Gasteiger partial charge in [-0.15, -0.1) is 0 Å². The van der Waals surface area contributed by atoms with E-state index in [2.05, 4.69) is 17.0 Å². The number of hydrogen-bond donors (Lipinski definition) is 2. The fourth-order valence-corrected chi connectivity index (χ4v) is 4.19. The van der Waals surface area contributed by atoms with Crippen LogP contribution in [-0.2, 0) is 13.0 Å². The third-order valence-electron chi connectivity index (χ3n) is 5.75. The number of hydrogen-bond acceptors (Lipinski definition) is 4. The largest absolute Gasteiger partial charge is 0.495 e. The van der Waals surface area contributed by atoms with Crippen molar-refractivity contribution in [3.8, 4) is 5.75 Å². The second kappa shape index (κ2) is 9.22. The van der Waals surface area contributed by atoms with E-state index in [9.17, 15) is 0 Å². The molecule has 3 N–H and O–H groups in total. The average molecular weight is 407 g/mol. The fourth-order valence-electron chi connectivity index (χ4n) is 4.19. The molecule has 30 heavy (non-hydrogen) atoms. The SMILES string of the molecule is COc1ccc(CCCN2CCCC2)cc1N(Cc1cc2ccccc2o1)C(=N)N. The lowest BCUT2D eigenvalue weighted by atomic mass is 10.1. The smallest absolute Gasteiger partial charge is 0.193 e. The summed E-state index contributed by atoms with van der Waals surface area (Å²) in [4.78, 5) is 4.27. The molecule has 158 valence electrons. The summed E-state index contributed by atoms with van der Waals surface area (Å²) in [7, 11) is 1.64. The van der Waals surface area contributed by atoms with Crippen molar-refractivity contribution in [3.63, 3.8) is 0 Å². The number of aryl methyl sites for hydroxylation is 1. The number of nitrogens with two attached hydrogens (primary N) is 1. The lowest BCUT2D eigenvalue weighted by Gasteiger charge is -2.24. The number of methoxy groups -OCH3 is 1. The Morgan fingerprint density at radius 2 is 1.97 bits per heavy atom. The summed E-state index contributed by atoms with van der Waals surface area (Å²) in [6.45, 7) is 3.96. The number of benzene rings is 2. The molecule has 6 heteroatoms. The fraction of sp³-hybridized carbons (Fsp3) is 0.375. The quantitative estimate of drug-likeness (QED) is 0.429. The Hall–Kier alpha value is -2.99. The van der Waals surface area contributed by atoms with E-state index in [1.165, 1.54) is 31.5 Å². The normalized spacial score (nSPS) is 14.3. The zero-order chi connectivity index (χ0) is 20.9. The van der Waals surface area contributed by atoms with Crippen LogP contribution in [0.4, 0.5) is 5.69 Å². The summed E-state index contributed by atoms with van der Waals surface area (Å²) in [6, 6.07) is 16.1. The Balaban J connectivity index is 1.53. The molecule has 0 atom stereocenters. The van der Waals surface area contributed by atoms with Gasteiger partial charge in [-0.1, -0.05) is 24.3 Å². The van der Waals surface area contributed by atoms with Gasteiger partial charge in [-0.05, 0) is 75.1 Å². The van der Waals surface area contributed by atoms with Crippen LogP contribution in [0.5, 0.6) is 5.75 Å². The van der Waals surface area contributed by atoms with E-state index in [1.807, 2.05) is 36.4 Å². The zero-order valence-electron chi connectivity index (χ0n) is 17.6. The molecular formula is C24H30N4O2. The van der Waals surface area contributed by atoms with E-state index in [4.69, 9.17) is 20.3 Å². The maximum Gasteiger partial charge on any atom is 0.193 e. The van der Waals surface area contributed by atoms with Crippen LogP contribution < -0.4 is 15.4 Å². The van der Waals surface area contributed by atoms with Crippen LogP contribution in [0, 0.1) is 5.41 Å². The molecule has 0 saturated carbocycles. The van der Waals surface area contributed by atoms with Crippen LogP contribution in [0.25, 0.3) is 11.0 Å². The van der Waals surface area contributed by atoms with Crippen LogP contribution in [0.15, 0.2) is 52.9 Å². The maximum atomic E-state index is 8.17. The number of nitrogens with zero attached hydrogens (tertiary/aromatic N) is 2. The van der Waals surface area contributed by atoms with Crippen molar-refractivity contribution in [3.05, 3.63) is 59.9 Å². The lowest BCUT2D eigenvalue weighted by Crippen LogP contribution is -2.36. The summed E-state index contributed by atoms with van der Waals surface area (Å²) in [5, 5.41) is 9.21. The first-order chi connectivity index (χ1) is 14.6. The minimum absolute atomic E-state index is 0.0389. The first-order valence-corrected chi connectivity index (χ1v) is 10.6. The number of anilines is 1. The first-order valence-electron chi connectivity index (χ1n) is 10.6. The summed E-state index contributed by atoms with van der Waals surface area (Å²) in [5.74, 6) is 1.42. The monoisotopic (exact) mass is 406 g/mol. The van der Waals surface area contributed by atoms with Crippen molar-refractivity contribution < 1.29 is 9.15 Å².